The Morgan fingerprint density at radius 2 is 2.14 bits per heavy atom. The summed E-state index contributed by atoms with van der Waals surface area (Å²) in [5.41, 5.74) is 0.157. The van der Waals surface area contributed by atoms with E-state index in [0.717, 1.165) is 4.47 Å². The molecule has 0 saturated carbocycles. The van der Waals surface area contributed by atoms with Crippen molar-refractivity contribution in [3.8, 4) is 12.1 Å². The third-order valence-corrected chi connectivity index (χ3v) is 3.18. The Balaban J connectivity index is 2.55. The first kappa shape index (κ1) is 14.6. The molecule has 0 atom stereocenters. The summed E-state index contributed by atoms with van der Waals surface area (Å²) in [6, 6.07) is 8.50. The van der Waals surface area contributed by atoms with Gasteiger partial charge in [-0.05, 0) is 25.1 Å². The van der Waals surface area contributed by atoms with Crippen molar-refractivity contribution in [1.82, 2.24) is 0 Å². The Morgan fingerprint density at radius 3 is 2.71 bits per heavy atom. The van der Waals surface area contributed by atoms with E-state index in [2.05, 4.69) is 21.2 Å². The van der Waals surface area contributed by atoms with Crippen molar-refractivity contribution in [3.05, 3.63) is 39.8 Å². The third kappa shape index (κ3) is 2.73. The monoisotopic (exact) mass is 345 g/mol. The fourth-order valence-electron chi connectivity index (χ4n) is 1.74. The van der Waals surface area contributed by atoms with E-state index in [-0.39, 0.29) is 11.4 Å². The van der Waals surface area contributed by atoms with E-state index in [1.54, 1.807) is 24.3 Å². The average Bonchev–Trinajstić information content (AvgIpc) is 2.76. The van der Waals surface area contributed by atoms with Crippen LogP contribution in [0.4, 0.5) is 5.69 Å². The molecule has 0 bridgehead atoms. The van der Waals surface area contributed by atoms with Gasteiger partial charge in [0.1, 0.15) is 29.2 Å². The van der Waals surface area contributed by atoms with Gasteiger partial charge in [-0.3, -0.25) is 4.79 Å². The minimum atomic E-state index is -0.809. The number of anilines is 1. The number of hydrogen-bond acceptors (Lipinski definition) is 5. The molecule has 0 unspecified atom stereocenters. The number of halogens is 1. The van der Waals surface area contributed by atoms with Crippen molar-refractivity contribution < 1.29 is 14.3 Å². The molecule has 1 amide bonds. The second kappa shape index (κ2) is 5.70. The predicted molar refractivity (Wildman–Crippen MR) is 78.2 cm³/mol. The fourth-order valence-corrected chi connectivity index (χ4v) is 2.11. The minimum Gasteiger partial charge on any atom is -0.511 e. The molecule has 1 heterocycles. The van der Waals surface area contributed by atoms with Crippen LogP contribution in [0.15, 0.2) is 38.4 Å². The van der Waals surface area contributed by atoms with Crippen molar-refractivity contribution in [2.24, 2.45) is 0 Å². The van der Waals surface area contributed by atoms with Gasteiger partial charge in [0.15, 0.2) is 5.57 Å². The van der Waals surface area contributed by atoms with Crippen LogP contribution in [0.3, 0.4) is 0 Å². The van der Waals surface area contributed by atoms with Crippen LogP contribution in [0.5, 0.6) is 0 Å². The van der Waals surface area contributed by atoms with Crippen molar-refractivity contribution in [2.45, 2.75) is 6.92 Å². The Labute approximate surface area is 128 Å². The highest BCUT2D eigenvalue weighted by Crippen LogP contribution is 2.32. The molecule has 0 aliphatic heterocycles. The number of rotatable bonds is 2. The summed E-state index contributed by atoms with van der Waals surface area (Å²) in [5.74, 6) is -1.29. The van der Waals surface area contributed by atoms with Gasteiger partial charge in [0.25, 0.3) is 5.91 Å². The summed E-state index contributed by atoms with van der Waals surface area (Å²) in [6.45, 7) is 1.23. The van der Waals surface area contributed by atoms with E-state index in [4.69, 9.17) is 14.9 Å². The quantitative estimate of drug-likeness (QED) is 0.492. The zero-order valence-electron chi connectivity index (χ0n) is 10.8. The number of aliphatic hydroxyl groups is 1. The maximum atomic E-state index is 12.0. The van der Waals surface area contributed by atoms with Crippen LogP contribution in [0.25, 0.3) is 11.0 Å². The minimum absolute atomic E-state index is 0.0793. The first-order chi connectivity index (χ1) is 9.97. The van der Waals surface area contributed by atoms with Gasteiger partial charge in [0, 0.05) is 9.86 Å². The van der Waals surface area contributed by atoms with Gasteiger partial charge in [-0.25, -0.2) is 0 Å². The molecule has 2 rings (SSSR count). The van der Waals surface area contributed by atoms with Crippen molar-refractivity contribution >= 4 is 38.5 Å². The molecule has 1 aromatic heterocycles. The van der Waals surface area contributed by atoms with Gasteiger partial charge in [-0.15, -0.1) is 0 Å². The number of hydrogen-bond donors (Lipinski definition) is 2. The van der Waals surface area contributed by atoms with E-state index >= 15 is 0 Å². The Bertz CT molecular complexity index is 849. The normalized spacial score (nSPS) is 11.4. The molecule has 1 aromatic carbocycles. The smallest absolute Gasteiger partial charge is 0.269 e. The number of nitriles is 2. The Morgan fingerprint density at radius 1 is 1.43 bits per heavy atom. The molecular formula is C14H8BrN3O3. The van der Waals surface area contributed by atoms with Crippen molar-refractivity contribution in [3.63, 3.8) is 0 Å². The molecule has 0 fully saturated rings. The number of furan rings is 1. The molecule has 6 nitrogen and oxygen atoms in total. The highest BCUT2D eigenvalue weighted by atomic mass is 79.9. The van der Waals surface area contributed by atoms with Crippen LogP contribution in [-0.4, -0.2) is 11.0 Å². The van der Waals surface area contributed by atoms with Crippen molar-refractivity contribution in [1.29, 1.82) is 10.5 Å². The van der Waals surface area contributed by atoms with Gasteiger partial charge in [-0.2, -0.15) is 10.5 Å². The summed E-state index contributed by atoms with van der Waals surface area (Å²) in [6.07, 6.45) is 0. The Hall–Kier alpha value is -2.77. The summed E-state index contributed by atoms with van der Waals surface area (Å²) in [4.78, 5) is 12.0. The lowest BCUT2D eigenvalue weighted by molar-refractivity contribution is -0.112. The zero-order chi connectivity index (χ0) is 15.6. The van der Waals surface area contributed by atoms with Gasteiger partial charge < -0.3 is 14.8 Å². The maximum Gasteiger partial charge on any atom is 0.269 e. The number of fused-ring (bicyclic) bond motifs is 1. The zero-order valence-corrected chi connectivity index (χ0v) is 12.4. The second-order valence-corrected chi connectivity index (χ2v) is 5.00. The lowest BCUT2D eigenvalue weighted by Crippen LogP contribution is -2.15. The first-order valence-corrected chi connectivity index (χ1v) is 6.50. The Kier molecular flexibility index (Phi) is 3.97. The molecular weight excluding hydrogens is 338 g/mol. The standard InChI is InChI=1S/C14H8BrN3O3/c1-7(19)10(5-16)14(20)18-13-9-4-8(15)2-3-11(9)21-12(13)6-17/h2-4,19H,1H3,(H,18,20). The highest BCUT2D eigenvalue weighted by molar-refractivity contribution is 9.10. The molecule has 7 heteroatoms. The van der Waals surface area contributed by atoms with Crippen LogP contribution >= 0.6 is 15.9 Å². The molecule has 104 valence electrons. The molecule has 0 aliphatic rings. The summed E-state index contributed by atoms with van der Waals surface area (Å²) in [5, 5.41) is 30.2. The first-order valence-electron chi connectivity index (χ1n) is 5.71. The molecule has 0 radical (unpaired) electrons. The topological polar surface area (TPSA) is 110 Å². The highest BCUT2D eigenvalue weighted by Gasteiger charge is 2.20. The van der Waals surface area contributed by atoms with Gasteiger partial charge >= 0.3 is 0 Å². The molecule has 2 N–H and O–H groups in total. The number of carbonyl (C=O) groups is 1. The molecule has 0 aliphatic carbocycles. The summed E-state index contributed by atoms with van der Waals surface area (Å²) < 4.78 is 6.06. The summed E-state index contributed by atoms with van der Waals surface area (Å²) in [7, 11) is 0. The number of allylic oxidation sites excluding steroid dienone is 1. The van der Waals surface area contributed by atoms with E-state index in [1.807, 2.05) is 6.07 Å². The molecule has 2 aromatic rings. The number of benzene rings is 1. The summed E-state index contributed by atoms with van der Waals surface area (Å²) >= 11 is 3.29. The number of amides is 1. The number of nitrogens with zero attached hydrogens (tertiary/aromatic N) is 2. The molecule has 21 heavy (non-hydrogen) atoms. The van der Waals surface area contributed by atoms with E-state index in [0.29, 0.717) is 11.0 Å². The number of carbonyl (C=O) groups excluding carboxylic acids is 1. The van der Waals surface area contributed by atoms with Gasteiger partial charge in [0.05, 0.1) is 0 Å². The largest absolute Gasteiger partial charge is 0.511 e. The predicted octanol–water partition coefficient (Wildman–Crippen LogP) is 3.36. The lowest BCUT2D eigenvalue weighted by Gasteiger charge is -2.03. The van der Waals surface area contributed by atoms with Gasteiger partial charge in [-0.1, -0.05) is 15.9 Å². The fraction of sp³-hybridized carbons (Fsp3) is 0.0714. The van der Waals surface area contributed by atoms with Crippen LogP contribution < -0.4 is 5.32 Å². The molecule has 0 saturated heterocycles. The third-order valence-electron chi connectivity index (χ3n) is 2.69. The number of aliphatic hydroxyl groups excluding tert-OH is 1. The van der Waals surface area contributed by atoms with Gasteiger partial charge in [0.2, 0.25) is 5.76 Å². The van der Waals surface area contributed by atoms with Crippen LogP contribution in [0, 0.1) is 22.7 Å². The van der Waals surface area contributed by atoms with Crippen LogP contribution in [0.2, 0.25) is 0 Å². The maximum absolute atomic E-state index is 12.0. The second-order valence-electron chi connectivity index (χ2n) is 4.08. The lowest BCUT2D eigenvalue weighted by atomic mass is 10.2. The average molecular weight is 346 g/mol. The number of nitrogens with one attached hydrogen (secondary N) is 1. The SMILES string of the molecule is CC(O)=C(C#N)C(=O)Nc1c(C#N)oc2ccc(Br)cc12. The van der Waals surface area contributed by atoms with E-state index in [9.17, 15) is 9.90 Å². The van der Waals surface area contributed by atoms with Crippen LogP contribution in [-0.2, 0) is 4.79 Å². The van der Waals surface area contributed by atoms with Crippen LogP contribution in [0.1, 0.15) is 12.7 Å². The van der Waals surface area contributed by atoms with E-state index < -0.39 is 17.2 Å². The van der Waals surface area contributed by atoms with E-state index in [1.165, 1.54) is 6.92 Å². The molecule has 0 spiro atoms. The van der Waals surface area contributed by atoms with Crippen molar-refractivity contribution in [2.75, 3.05) is 5.32 Å².